The van der Waals surface area contributed by atoms with E-state index >= 15 is 0 Å². The summed E-state index contributed by atoms with van der Waals surface area (Å²) in [6, 6.07) is 68.7. The number of hydrogen-bond acceptors (Lipinski definition) is 3. The van der Waals surface area contributed by atoms with Crippen molar-refractivity contribution in [3.63, 3.8) is 0 Å². The molecule has 0 fully saturated rings. The van der Waals surface area contributed by atoms with Crippen LogP contribution in [0.25, 0.3) is 94.7 Å². The molecule has 6 heteroatoms. The molecule has 3 heterocycles. The van der Waals surface area contributed by atoms with E-state index in [0.717, 1.165) is 66.7 Å². The van der Waals surface area contributed by atoms with E-state index in [2.05, 4.69) is 216 Å². The second kappa shape index (κ2) is 20.0. The molecule has 8 aromatic carbocycles. The first kappa shape index (κ1) is 47.8. The van der Waals surface area contributed by atoms with Gasteiger partial charge in [-0.1, -0.05) is 181 Å². The summed E-state index contributed by atoms with van der Waals surface area (Å²) in [7, 11) is 0. The van der Waals surface area contributed by atoms with Crippen LogP contribution in [0.2, 0.25) is 0 Å². The van der Waals surface area contributed by atoms with Gasteiger partial charge in [0, 0.05) is 43.2 Å². The fourth-order valence-corrected chi connectivity index (χ4v) is 9.17. The molecule has 0 saturated heterocycles. The van der Waals surface area contributed by atoms with E-state index in [1.54, 1.807) is 6.07 Å². The molecule has 0 unspecified atom stereocenters. The minimum absolute atomic E-state index is 0. The summed E-state index contributed by atoms with van der Waals surface area (Å²) in [5.41, 5.74) is 18.3. The summed E-state index contributed by atoms with van der Waals surface area (Å²) >= 11 is 0. The van der Waals surface area contributed by atoms with E-state index in [1.165, 1.54) is 56.8 Å². The maximum Gasteiger partial charge on any atom is 0.121 e. The molecule has 0 atom stereocenters. The molecule has 0 aliphatic carbocycles. The van der Waals surface area contributed by atoms with Crippen LogP contribution >= 0.6 is 0 Å². The third-order valence-electron chi connectivity index (χ3n) is 13.0. The summed E-state index contributed by atoms with van der Waals surface area (Å²) in [6.45, 7) is 15.6. The van der Waals surface area contributed by atoms with Gasteiger partial charge in [-0.25, -0.2) is 0 Å². The maximum absolute atomic E-state index is 12.8. The van der Waals surface area contributed by atoms with Gasteiger partial charge in [-0.3, -0.25) is 9.37 Å². The number of furan rings is 1. The molecule has 0 aliphatic heterocycles. The van der Waals surface area contributed by atoms with Crippen LogP contribution in [0.1, 0.15) is 77.0 Å². The van der Waals surface area contributed by atoms with Gasteiger partial charge in [0.05, 0.1) is 22.4 Å². The average molecular weight is 1090 g/mol. The van der Waals surface area contributed by atoms with Crippen molar-refractivity contribution in [1.29, 1.82) is 0 Å². The molecule has 11 rings (SSSR count). The van der Waals surface area contributed by atoms with Gasteiger partial charge in [-0.2, -0.15) is 0 Å². The van der Waals surface area contributed by atoms with Crippen molar-refractivity contribution < 1.29 is 28.9 Å². The molecule has 0 amide bonds. The van der Waals surface area contributed by atoms with Gasteiger partial charge in [0.25, 0.3) is 0 Å². The third-order valence-corrected chi connectivity index (χ3v) is 13.0. The van der Waals surface area contributed by atoms with Crippen LogP contribution in [0.5, 0.6) is 0 Å². The summed E-state index contributed by atoms with van der Waals surface area (Å²) in [5, 5.41) is 2.14. The molecule has 0 saturated carbocycles. The van der Waals surface area contributed by atoms with E-state index in [0.29, 0.717) is 0 Å². The molecule has 1 radical (unpaired) electrons. The number of fused-ring (bicyclic) bond motifs is 4. The fraction of sp³-hybridized carbons (Fsp3) is 0.156. The SMILES string of the molecule is CC(C)(C)c1ccc(-c2[c-]cc(F)cc2)nc1.CC(C)c1cc(-c2ccc(-c3ccccc3)cc2)cc(C(C)C)c1-n1c(-c2[c-]ccc3c2oc2cc(-c4ccccc4)ccc23)nc2ccccc21.[Ir]. The Morgan fingerprint density at radius 2 is 1.19 bits per heavy atom. The number of nitrogens with zero attached hydrogens (tertiary/aromatic N) is 3. The van der Waals surface area contributed by atoms with Crippen molar-refractivity contribution in [3.8, 4) is 61.7 Å². The summed E-state index contributed by atoms with van der Waals surface area (Å²) in [5.74, 6) is 1.07. The van der Waals surface area contributed by atoms with Gasteiger partial charge in [0.1, 0.15) is 5.58 Å². The van der Waals surface area contributed by atoms with Crippen LogP contribution in [-0.4, -0.2) is 14.5 Å². The Bertz CT molecular complexity index is 3540. The summed E-state index contributed by atoms with van der Waals surface area (Å²) in [4.78, 5) is 9.73. The number of aromatic nitrogens is 3. The molecule has 70 heavy (non-hydrogen) atoms. The first-order valence-corrected chi connectivity index (χ1v) is 23.8. The normalized spacial score (nSPS) is 11.6. The molecule has 0 aliphatic rings. The fourth-order valence-electron chi connectivity index (χ4n) is 9.17. The molecule has 11 aromatic rings. The minimum Gasteiger partial charge on any atom is -0.501 e. The van der Waals surface area contributed by atoms with Gasteiger partial charge in [0.15, 0.2) is 0 Å². The zero-order valence-corrected chi connectivity index (χ0v) is 42.9. The number of benzene rings is 8. The smallest absolute Gasteiger partial charge is 0.121 e. The van der Waals surface area contributed by atoms with Crippen molar-refractivity contribution in [2.45, 2.75) is 65.7 Å². The van der Waals surface area contributed by atoms with Crippen LogP contribution in [-0.2, 0) is 25.5 Å². The predicted molar refractivity (Wildman–Crippen MR) is 284 cm³/mol. The van der Waals surface area contributed by atoms with Crippen LogP contribution in [0.15, 0.2) is 193 Å². The first-order chi connectivity index (χ1) is 33.4. The number of para-hydroxylation sites is 2. The Morgan fingerprint density at radius 1 is 0.586 bits per heavy atom. The van der Waals surface area contributed by atoms with Crippen molar-refractivity contribution in [3.05, 3.63) is 223 Å². The Labute approximate surface area is 424 Å². The number of pyridine rings is 1. The first-order valence-electron chi connectivity index (χ1n) is 23.8. The Hall–Kier alpha value is -7.24. The van der Waals surface area contributed by atoms with Crippen LogP contribution in [0, 0.1) is 17.9 Å². The Balaban J connectivity index is 0.000000286. The zero-order valence-electron chi connectivity index (χ0n) is 40.5. The summed E-state index contributed by atoms with van der Waals surface area (Å²) < 4.78 is 21.9. The van der Waals surface area contributed by atoms with Crippen LogP contribution in [0.3, 0.4) is 0 Å². The van der Waals surface area contributed by atoms with Crippen molar-refractivity contribution in [1.82, 2.24) is 14.5 Å². The molecule has 349 valence electrons. The molecular formula is C64H54FIrN3O-2. The van der Waals surface area contributed by atoms with E-state index in [4.69, 9.17) is 9.40 Å². The molecular weight excluding hydrogens is 1040 g/mol. The number of imidazole rings is 1. The number of rotatable bonds is 8. The number of hydrogen-bond donors (Lipinski definition) is 0. The van der Waals surface area contributed by atoms with Gasteiger partial charge >= 0.3 is 0 Å². The monoisotopic (exact) mass is 1090 g/mol. The standard InChI is InChI=1S/C49H39N2O.C15H15FN.Ir/c1-31(2)42-28-38(36-24-22-35(23-25-36)33-14-7-5-8-15-33)29-43(32(3)4)47(42)51-45-21-12-11-20-44(45)50-49(51)41-19-13-18-40-39-27-26-37(30-46(39)52-48(40)41)34-16-9-6-10-17-34;1-15(2,3)12-6-9-14(17-10-12)11-4-7-13(16)8-5-11;/h5-18,20-32H,1-4H3;4,6-10H,1-3H3;/q2*-1;. The quantitative estimate of drug-likeness (QED) is 0.142. The van der Waals surface area contributed by atoms with Gasteiger partial charge in [-0.05, 0) is 103 Å². The van der Waals surface area contributed by atoms with Crippen molar-refractivity contribution in [2.75, 3.05) is 0 Å². The van der Waals surface area contributed by atoms with Crippen LogP contribution in [0.4, 0.5) is 4.39 Å². The summed E-state index contributed by atoms with van der Waals surface area (Å²) in [6.07, 6.45) is 1.87. The third kappa shape index (κ3) is 9.55. The topological polar surface area (TPSA) is 43.9 Å². The zero-order chi connectivity index (χ0) is 47.8. The van der Waals surface area contributed by atoms with Gasteiger partial charge < -0.3 is 14.0 Å². The molecule has 0 bridgehead atoms. The van der Waals surface area contributed by atoms with Crippen molar-refractivity contribution in [2.24, 2.45) is 0 Å². The Morgan fingerprint density at radius 3 is 1.79 bits per heavy atom. The largest absolute Gasteiger partial charge is 0.501 e. The number of halogens is 1. The van der Waals surface area contributed by atoms with E-state index < -0.39 is 0 Å². The molecule has 0 spiro atoms. The molecule has 0 N–H and O–H groups in total. The Kier molecular flexibility index (Phi) is 13.7. The van der Waals surface area contributed by atoms with E-state index in [1.807, 2.05) is 24.4 Å². The van der Waals surface area contributed by atoms with E-state index in [-0.39, 0.29) is 43.2 Å². The van der Waals surface area contributed by atoms with Gasteiger partial charge in [-0.15, -0.1) is 48.0 Å². The van der Waals surface area contributed by atoms with Crippen molar-refractivity contribution >= 4 is 33.0 Å². The predicted octanol–water partition coefficient (Wildman–Crippen LogP) is 17.6. The molecule has 4 nitrogen and oxygen atoms in total. The van der Waals surface area contributed by atoms with Gasteiger partial charge in [0.2, 0.25) is 0 Å². The minimum atomic E-state index is -0.278. The second-order valence-electron chi connectivity index (χ2n) is 19.4. The maximum atomic E-state index is 12.8. The van der Waals surface area contributed by atoms with Crippen LogP contribution < -0.4 is 0 Å². The molecule has 3 aromatic heterocycles. The van der Waals surface area contributed by atoms with E-state index in [9.17, 15) is 4.39 Å². The average Bonchev–Trinajstić information content (AvgIpc) is 3.95. The second-order valence-corrected chi connectivity index (χ2v) is 19.4.